The predicted octanol–water partition coefficient (Wildman–Crippen LogP) is 6.84. The molecule has 2 nitrogen and oxygen atoms in total. The van der Waals surface area contributed by atoms with Gasteiger partial charge in [-0.05, 0) is 35.2 Å². The number of pyridine rings is 1. The molecular formula is C27H21ClN2. The van der Waals surface area contributed by atoms with Crippen molar-refractivity contribution in [2.75, 3.05) is 0 Å². The molecule has 0 spiro atoms. The zero-order chi connectivity index (χ0) is 20.6. The van der Waals surface area contributed by atoms with Crippen LogP contribution >= 0.6 is 11.6 Å². The van der Waals surface area contributed by atoms with E-state index in [1.54, 1.807) is 6.20 Å². The minimum Gasteiger partial charge on any atom is -0.329 e. The van der Waals surface area contributed by atoms with Crippen LogP contribution in [0.15, 0.2) is 109 Å². The maximum atomic E-state index is 6.54. The lowest BCUT2D eigenvalue weighted by Gasteiger charge is -2.38. The van der Waals surface area contributed by atoms with E-state index in [9.17, 15) is 0 Å². The molecule has 0 fully saturated rings. The molecular weight excluding hydrogens is 388 g/mol. The Morgan fingerprint density at radius 2 is 1.17 bits per heavy atom. The molecule has 0 aliphatic rings. The van der Waals surface area contributed by atoms with E-state index in [4.69, 9.17) is 11.6 Å². The number of aromatic nitrogens is 2. The smallest absolute Gasteiger partial charge is 0.138 e. The lowest BCUT2D eigenvalue weighted by atomic mass is 9.76. The molecule has 5 aromatic rings. The van der Waals surface area contributed by atoms with Crippen molar-refractivity contribution in [2.45, 2.75) is 12.5 Å². The third-order valence-electron chi connectivity index (χ3n) is 5.80. The van der Waals surface area contributed by atoms with Crippen molar-refractivity contribution in [3.05, 3.63) is 137 Å². The fourth-order valence-electron chi connectivity index (χ4n) is 4.55. The standard InChI is InChI=1S/C27H21ClN2/c1-20-19-30(24-17-18-29-26(28)25(20)24)27(21-11-5-2-6-12-21,22-13-7-3-8-14-22)23-15-9-4-10-16-23/h2-19H,1H3. The fourth-order valence-corrected chi connectivity index (χ4v) is 4.86. The summed E-state index contributed by atoms with van der Waals surface area (Å²) < 4.78 is 2.35. The van der Waals surface area contributed by atoms with Gasteiger partial charge in [0.2, 0.25) is 0 Å². The van der Waals surface area contributed by atoms with Crippen LogP contribution in [0.2, 0.25) is 5.15 Å². The van der Waals surface area contributed by atoms with E-state index in [2.05, 4.69) is 120 Å². The molecule has 0 aliphatic heterocycles. The Labute approximate surface area is 181 Å². The van der Waals surface area contributed by atoms with Crippen molar-refractivity contribution in [3.63, 3.8) is 0 Å². The summed E-state index contributed by atoms with van der Waals surface area (Å²) in [5.74, 6) is 0. The molecule has 0 atom stereocenters. The number of hydrogen-bond donors (Lipinski definition) is 0. The van der Waals surface area contributed by atoms with Crippen molar-refractivity contribution in [2.24, 2.45) is 0 Å². The van der Waals surface area contributed by atoms with Crippen LogP contribution in [0.5, 0.6) is 0 Å². The van der Waals surface area contributed by atoms with Gasteiger partial charge in [-0.15, -0.1) is 0 Å². The van der Waals surface area contributed by atoms with E-state index < -0.39 is 5.54 Å². The quantitative estimate of drug-likeness (QED) is 0.235. The van der Waals surface area contributed by atoms with E-state index in [-0.39, 0.29) is 0 Å². The first-order valence-electron chi connectivity index (χ1n) is 10.0. The van der Waals surface area contributed by atoms with Crippen molar-refractivity contribution in [3.8, 4) is 0 Å². The second-order valence-electron chi connectivity index (χ2n) is 7.49. The Hall–Kier alpha value is -3.36. The second kappa shape index (κ2) is 7.47. The molecule has 3 heteroatoms. The molecule has 0 saturated heterocycles. The first-order chi connectivity index (χ1) is 14.7. The number of nitrogens with zero attached hydrogens (tertiary/aromatic N) is 2. The first kappa shape index (κ1) is 18.7. The van der Waals surface area contributed by atoms with Crippen LogP contribution in [0.1, 0.15) is 22.3 Å². The van der Waals surface area contributed by atoms with Gasteiger partial charge in [0.1, 0.15) is 10.7 Å². The molecule has 0 amide bonds. The molecule has 0 N–H and O–H groups in total. The molecule has 3 aromatic carbocycles. The van der Waals surface area contributed by atoms with Crippen molar-refractivity contribution < 1.29 is 0 Å². The molecule has 0 saturated carbocycles. The van der Waals surface area contributed by atoms with E-state index in [0.29, 0.717) is 5.15 Å². The van der Waals surface area contributed by atoms with Gasteiger partial charge in [0.15, 0.2) is 0 Å². The van der Waals surface area contributed by atoms with E-state index in [1.807, 2.05) is 0 Å². The Morgan fingerprint density at radius 1 is 0.700 bits per heavy atom. The summed E-state index contributed by atoms with van der Waals surface area (Å²) in [7, 11) is 0. The molecule has 2 aromatic heterocycles. The highest BCUT2D eigenvalue weighted by Crippen LogP contribution is 2.44. The molecule has 146 valence electrons. The summed E-state index contributed by atoms with van der Waals surface area (Å²) in [5, 5.41) is 1.53. The minimum atomic E-state index is -0.555. The van der Waals surface area contributed by atoms with Crippen molar-refractivity contribution in [1.82, 2.24) is 9.55 Å². The van der Waals surface area contributed by atoms with E-state index >= 15 is 0 Å². The topological polar surface area (TPSA) is 17.8 Å². The largest absolute Gasteiger partial charge is 0.329 e. The summed E-state index contributed by atoms with van der Waals surface area (Å²) in [6.45, 7) is 2.10. The third-order valence-corrected chi connectivity index (χ3v) is 6.08. The Kier molecular flexibility index (Phi) is 4.65. The number of hydrogen-bond acceptors (Lipinski definition) is 1. The summed E-state index contributed by atoms with van der Waals surface area (Å²) in [6.07, 6.45) is 3.98. The first-order valence-corrected chi connectivity index (χ1v) is 10.4. The normalized spacial score (nSPS) is 11.7. The summed E-state index contributed by atoms with van der Waals surface area (Å²) in [6, 6.07) is 34.0. The predicted molar refractivity (Wildman–Crippen MR) is 124 cm³/mol. The van der Waals surface area contributed by atoms with Crippen LogP contribution in [0.4, 0.5) is 0 Å². The number of benzene rings is 3. The number of aryl methyl sites for hydroxylation is 1. The maximum Gasteiger partial charge on any atom is 0.138 e. The van der Waals surface area contributed by atoms with Gasteiger partial charge in [-0.1, -0.05) is 103 Å². The Balaban J connectivity index is 2.00. The maximum absolute atomic E-state index is 6.54. The highest BCUT2D eigenvalue weighted by molar-refractivity contribution is 6.34. The van der Waals surface area contributed by atoms with Crippen LogP contribution < -0.4 is 0 Å². The van der Waals surface area contributed by atoms with Gasteiger partial charge in [0, 0.05) is 17.8 Å². The summed E-state index contributed by atoms with van der Waals surface area (Å²) >= 11 is 6.54. The average molecular weight is 409 g/mol. The molecule has 0 aliphatic carbocycles. The average Bonchev–Trinajstić information content (AvgIpc) is 3.15. The number of fused-ring (bicyclic) bond motifs is 1. The van der Waals surface area contributed by atoms with E-state index in [1.165, 1.54) is 16.7 Å². The molecule has 0 unspecified atom stereocenters. The van der Waals surface area contributed by atoms with Gasteiger partial charge in [-0.2, -0.15) is 0 Å². The van der Waals surface area contributed by atoms with Gasteiger partial charge < -0.3 is 4.57 Å². The fraction of sp³-hybridized carbons (Fsp3) is 0.0741. The van der Waals surface area contributed by atoms with Gasteiger partial charge in [0.05, 0.1) is 5.52 Å². The molecule has 0 radical (unpaired) electrons. The number of halogens is 1. The van der Waals surface area contributed by atoms with Crippen molar-refractivity contribution in [1.29, 1.82) is 0 Å². The van der Waals surface area contributed by atoms with Crippen LogP contribution in [-0.2, 0) is 5.54 Å². The summed E-state index contributed by atoms with van der Waals surface area (Å²) in [4.78, 5) is 4.33. The second-order valence-corrected chi connectivity index (χ2v) is 7.84. The zero-order valence-electron chi connectivity index (χ0n) is 16.7. The van der Waals surface area contributed by atoms with Crippen LogP contribution in [0.3, 0.4) is 0 Å². The van der Waals surface area contributed by atoms with E-state index in [0.717, 1.165) is 16.5 Å². The third kappa shape index (κ3) is 2.76. The molecule has 0 bridgehead atoms. The zero-order valence-corrected chi connectivity index (χ0v) is 17.4. The van der Waals surface area contributed by atoms with Gasteiger partial charge in [0.25, 0.3) is 0 Å². The molecule has 2 heterocycles. The van der Waals surface area contributed by atoms with Crippen LogP contribution in [0, 0.1) is 6.92 Å². The van der Waals surface area contributed by atoms with Crippen molar-refractivity contribution >= 4 is 22.5 Å². The highest BCUT2D eigenvalue weighted by Gasteiger charge is 2.39. The SMILES string of the molecule is Cc1cn(C(c2ccccc2)(c2ccccc2)c2ccccc2)c2ccnc(Cl)c12. The monoisotopic (exact) mass is 408 g/mol. The van der Waals surface area contributed by atoms with Gasteiger partial charge >= 0.3 is 0 Å². The highest BCUT2D eigenvalue weighted by atomic mass is 35.5. The molecule has 5 rings (SSSR count). The van der Waals surface area contributed by atoms with Gasteiger partial charge in [-0.25, -0.2) is 4.98 Å². The Bertz CT molecular complexity index is 1200. The number of rotatable bonds is 4. The Morgan fingerprint density at radius 3 is 1.63 bits per heavy atom. The van der Waals surface area contributed by atoms with Crippen LogP contribution in [-0.4, -0.2) is 9.55 Å². The summed E-state index contributed by atoms with van der Waals surface area (Å²) in [5.41, 5.74) is 5.17. The van der Waals surface area contributed by atoms with Crippen LogP contribution in [0.25, 0.3) is 10.9 Å². The molecule has 30 heavy (non-hydrogen) atoms. The van der Waals surface area contributed by atoms with Gasteiger partial charge in [-0.3, -0.25) is 0 Å². The lowest BCUT2D eigenvalue weighted by Crippen LogP contribution is -2.37. The lowest BCUT2D eigenvalue weighted by molar-refractivity contribution is 0.533. The minimum absolute atomic E-state index is 0.534.